The van der Waals surface area contributed by atoms with Gasteiger partial charge in [0.15, 0.2) is 12.4 Å². The summed E-state index contributed by atoms with van der Waals surface area (Å²) in [6.07, 6.45) is 44.9. The van der Waals surface area contributed by atoms with Gasteiger partial charge in [-0.25, -0.2) is 0 Å². The normalized spacial score (nSPS) is 13.0. The molecule has 0 rings (SSSR count). The van der Waals surface area contributed by atoms with Gasteiger partial charge in [0.2, 0.25) is 0 Å². The van der Waals surface area contributed by atoms with Crippen molar-refractivity contribution in [2.75, 3.05) is 47.5 Å². The molecule has 0 aliphatic carbocycles. The van der Waals surface area contributed by atoms with E-state index in [0.29, 0.717) is 23.9 Å². The molecule has 2 atom stereocenters. The molecule has 0 saturated carbocycles. The Morgan fingerprint density at radius 1 is 0.500 bits per heavy atom. The Labute approximate surface area is 369 Å². The van der Waals surface area contributed by atoms with E-state index >= 15 is 0 Å². The lowest BCUT2D eigenvalue weighted by molar-refractivity contribution is -0.870. The van der Waals surface area contributed by atoms with Gasteiger partial charge in [-0.2, -0.15) is 0 Å². The van der Waals surface area contributed by atoms with Gasteiger partial charge in [0.25, 0.3) is 0 Å². The molecule has 0 aromatic carbocycles. The van der Waals surface area contributed by atoms with Crippen LogP contribution in [0.4, 0.5) is 0 Å². The smallest absolute Gasteiger partial charge is 0.306 e. The number of rotatable bonds is 46. The van der Waals surface area contributed by atoms with Gasteiger partial charge in [-0.15, -0.1) is 0 Å². The molecule has 0 spiro atoms. The first-order valence-corrected chi connectivity index (χ1v) is 25.0. The summed E-state index contributed by atoms with van der Waals surface area (Å²) in [4.78, 5) is 37.1. The molecule has 0 radical (unpaired) electrons. The minimum absolute atomic E-state index is 0.148. The summed E-state index contributed by atoms with van der Waals surface area (Å²) >= 11 is 0. The van der Waals surface area contributed by atoms with E-state index in [1.165, 1.54) is 141 Å². The molecule has 2 unspecified atom stereocenters. The van der Waals surface area contributed by atoms with Crippen molar-refractivity contribution in [2.45, 2.75) is 238 Å². The van der Waals surface area contributed by atoms with Gasteiger partial charge in [-0.1, -0.05) is 192 Å². The molecular weight excluding hydrogens is 755 g/mol. The standard InChI is InChI=1S/C51H95NO8/c1-6-8-10-12-14-16-18-20-22-24-26-28-30-32-34-36-38-40-42-49(54)60-47(46-59-51(50(55)56)57-44-43-52(3,4)5)45-58-48(53)41-39-37-35-33-31-29-27-25-23-21-19-17-15-13-11-9-7-2/h16,18,22,24,47,51H,6-15,17,19-21,23,25-46H2,1-5H3/b18-16-,24-22-. The molecule has 9 nitrogen and oxygen atoms in total. The quantitative estimate of drug-likeness (QED) is 0.0196. The molecule has 0 aromatic heterocycles. The van der Waals surface area contributed by atoms with Crippen molar-refractivity contribution in [3.63, 3.8) is 0 Å². The summed E-state index contributed by atoms with van der Waals surface area (Å²) in [5.41, 5.74) is 0. The fourth-order valence-electron chi connectivity index (χ4n) is 7.04. The summed E-state index contributed by atoms with van der Waals surface area (Å²) in [7, 11) is 5.91. The molecule has 60 heavy (non-hydrogen) atoms. The third-order valence-electron chi connectivity index (χ3n) is 11.0. The van der Waals surface area contributed by atoms with Gasteiger partial charge < -0.3 is 33.3 Å². The fraction of sp³-hybridized carbons (Fsp3) is 0.863. The van der Waals surface area contributed by atoms with Crippen LogP contribution >= 0.6 is 0 Å². The van der Waals surface area contributed by atoms with Gasteiger partial charge in [-0.05, 0) is 44.9 Å². The number of esters is 2. The minimum Gasteiger partial charge on any atom is -0.545 e. The van der Waals surface area contributed by atoms with E-state index in [1.54, 1.807) is 0 Å². The summed E-state index contributed by atoms with van der Waals surface area (Å²) in [6, 6.07) is 0. The predicted molar refractivity (Wildman–Crippen MR) is 246 cm³/mol. The van der Waals surface area contributed by atoms with Crippen LogP contribution in [-0.4, -0.2) is 82.3 Å². The molecule has 0 aliphatic heterocycles. The molecule has 0 aromatic rings. The first-order valence-electron chi connectivity index (χ1n) is 25.0. The number of hydrogen-bond donors (Lipinski definition) is 0. The molecule has 0 bridgehead atoms. The molecule has 0 N–H and O–H groups in total. The van der Waals surface area contributed by atoms with E-state index in [4.69, 9.17) is 18.9 Å². The van der Waals surface area contributed by atoms with Crippen LogP contribution in [0.3, 0.4) is 0 Å². The summed E-state index contributed by atoms with van der Waals surface area (Å²) in [6.45, 7) is 4.74. The number of likely N-dealkylation sites (N-methyl/N-ethyl adjacent to an activating group) is 1. The van der Waals surface area contributed by atoms with Gasteiger partial charge in [0.05, 0.1) is 40.3 Å². The number of ether oxygens (including phenoxy) is 4. The lowest BCUT2D eigenvalue weighted by Gasteiger charge is -2.26. The Bertz CT molecular complexity index is 1040. The van der Waals surface area contributed by atoms with Crippen molar-refractivity contribution in [2.24, 2.45) is 0 Å². The number of aliphatic carboxylic acids is 1. The van der Waals surface area contributed by atoms with E-state index in [9.17, 15) is 19.5 Å². The second-order valence-electron chi connectivity index (χ2n) is 18.1. The average Bonchev–Trinajstić information content (AvgIpc) is 3.21. The predicted octanol–water partition coefficient (Wildman–Crippen LogP) is 12.3. The maximum absolute atomic E-state index is 12.8. The summed E-state index contributed by atoms with van der Waals surface area (Å²) in [5.74, 6) is -2.28. The Balaban J connectivity index is 4.36. The number of carbonyl (C=O) groups excluding carboxylic acids is 3. The van der Waals surface area contributed by atoms with Gasteiger partial charge >= 0.3 is 11.9 Å². The van der Waals surface area contributed by atoms with Crippen molar-refractivity contribution in [3.05, 3.63) is 24.3 Å². The third kappa shape index (κ3) is 43.8. The lowest BCUT2D eigenvalue weighted by atomic mass is 10.0. The topological polar surface area (TPSA) is 111 Å². The Morgan fingerprint density at radius 3 is 1.33 bits per heavy atom. The van der Waals surface area contributed by atoms with Crippen molar-refractivity contribution in [3.8, 4) is 0 Å². The van der Waals surface area contributed by atoms with E-state index in [2.05, 4.69) is 38.2 Å². The minimum atomic E-state index is -1.62. The highest BCUT2D eigenvalue weighted by molar-refractivity contribution is 5.70. The van der Waals surface area contributed by atoms with Gasteiger partial charge in [-0.3, -0.25) is 9.59 Å². The molecule has 352 valence electrons. The van der Waals surface area contributed by atoms with Crippen LogP contribution in [0.1, 0.15) is 226 Å². The summed E-state index contributed by atoms with van der Waals surface area (Å²) in [5, 5.41) is 11.7. The van der Waals surface area contributed by atoms with Gasteiger partial charge in [0.1, 0.15) is 13.2 Å². The highest BCUT2D eigenvalue weighted by atomic mass is 16.7. The highest BCUT2D eigenvalue weighted by Crippen LogP contribution is 2.16. The first-order chi connectivity index (χ1) is 29.1. The second-order valence-corrected chi connectivity index (χ2v) is 18.1. The molecule has 0 amide bonds. The van der Waals surface area contributed by atoms with E-state index in [-0.39, 0.29) is 32.2 Å². The maximum atomic E-state index is 12.8. The Hall–Kier alpha value is -2.23. The van der Waals surface area contributed by atoms with Crippen LogP contribution in [0.25, 0.3) is 0 Å². The number of carboxylic acids is 1. The number of quaternary nitrogens is 1. The highest BCUT2D eigenvalue weighted by Gasteiger charge is 2.22. The number of allylic oxidation sites excluding steroid dienone is 4. The van der Waals surface area contributed by atoms with Crippen LogP contribution in [0, 0.1) is 0 Å². The number of hydrogen-bond acceptors (Lipinski definition) is 8. The second kappa shape index (κ2) is 43.4. The third-order valence-corrected chi connectivity index (χ3v) is 11.0. The van der Waals surface area contributed by atoms with Gasteiger partial charge in [0, 0.05) is 12.8 Å². The average molecular weight is 850 g/mol. The molecule has 0 saturated heterocycles. The van der Waals surface area contributed by atoms with Crippen LogP contribution in [0.15, 0.2) is 24.3 Å². The fourth-order valence-corrected chi connectivity index (χ4v) is 7.04. The monoisotopic (exact) mass is 850 g/mol. The number of nitrogens with zero attached hydrogens (tertiary/aromatic N) is 1. The Morgan fingerprint density at radius 2 is 0.900 bits per heavy atom. The zero-order valence-electron chi connectivity index (χ0n) is 39.8. The van der Waals surface area contributed by atoms with Crippen LogP contribution in [-0.2, 0) is 33.3 Å². The zero-order valence-corrected chi connectivity index (χ0v) is 39.8. The summed E-state index contributed by atoms with van der Waals surface area (Å²) < 4.78 is 22.6. The molecule has 0 heterocycles. The van der Waals surface area contributed by atoms with Crippen LogP contribution in [0.5, 0.6) is 0 Å². The van der Waals surface area contributed by atoms with Crippen LogP contribution < -0.4 is 5.11 Å². The SMILES string of the molecule is CCCCCC/C=C\C/C=C\CCCCCCCCCC(=O)OC(COC(=O)CCCCCCCCCCCCCCCCCCC)COC(OCC[N+](C)(C)C)C(=O)[O-]. The number of carboxylic acid groups (broad SMARTS) is 1. The molecule has 0 fully saturated rings. The number of carbonyl (C=O) groups is 3. The van der Waals surface area contributed by atoms with Crippen molar-refractivity contribution < 1.29 is 42.9 Å². The van der Waals surface area contributed by atoms with E-state index in [0.717, 1.165) is 51.4 Å². The zero-order chi connectivity index (χ0) is 44.2. The van der Waals surface area contributed by atoms with Crippen molar-refractivity contribution in [1.82, 2.24) is 0 Å². The Kier molecular flexibility index (Phi) is 41.8. The van der Waals surface area contributed by atoms with Crippen LogP contribution in [0.2, 0.25) is 0 Å². The largest absolute Gasteiger partial charge is 0.545 e. The van der Waals surface area contributed by atoms with E-state index < -0.39 is 24.3 Å². The van der Waals surface area contributed by atoms with Crippen molar-refractivity contribution in [1.29, 1.82) is 0 Å². The molecule has 9 heteroatoms. The van der Waals surface area contributed by atoms with E-state index in [1.807, 2.05) is 21.1 Å². The lowest BCUT2D eigenvalue weighted by Crippen LogP contribution is -2.44. The maximum Gasteiger partial charge on any atom is 0.306 e. The first kappa shape index (κ1) is 57.8. The van der Waals surface area contributed by atoms with Crippen molar-refractivity contribution >= 4 is 17.9 Å². The molecular formula is C51H95NO8. The molecule has 0 aliphatic rings. The number of unbranched alkanes of at least 4 members (excludes halogenated alkanes) is 27.